The first-order chi connectivity index (χ1) is 6.65. The average molecular weight is 211 g/mol. The van der Waals surface area contributed by atoms with E-state index in [9.17, 15) is 0 Å². The van der Waals surface area contributed by atoms with Crippen LogP contribution in [0.4, 0.5) is 0 Å². The number of ether oxygens (including phenoxy) is 1. The monoisotopic (exact) mass is 210 g/mol. The molecule has 0 amide bonds. The van der Waals surface area contributed by atoms with Crippen LogP contribution in [0.3, 0.4) is 0 Å². The Morgan fingerprint density at radius 3 is 2.86 bits per heavy atom. The Morgan fingerprint density at radius 1 is 1.64 bits per heavy atom. The summed E-state index contributed by atoms with van der Waals surface area (Å²) in [5.74, 6) is 0.512. The predicted octanol–water partition coefficient (Wildman–Crippen LogP) is 2.26. The van der Waals surface area contributed by atoms with Gasteiger partial charge in [-0.05, 0) is 24.6 Å². The maximum absolute atomic E-state index is 8.32. The molecule has 1 aromatic rings. The molecule has 1 unspecified atom stereocenters. The van der Waals surface area contributed by atoms with Gasteiger partial charge in [0.25, 0.3) is 0 Å². The van der Waals surface area contributed by atoms with E-state index in [2.05, 4.69) is 0 Å². The van der Waals surface area contributed by atoms with Crippen LogP contribution < -0.4 is 10.5 Å². The summed E-state index contributed by atoms with van der Waals surface area (Å²) in [6, 6.07) is 7.12. The highest BCUT2D eigenvalue weighted by Gasteiger charge is 2.05. The first kappa shape index (κ1) is 10.8. The van der Waals surface area contributed by atoms with Crippen LogP contribution in [0.25, 0.3) is 0 Å². The van der Waals surface area contributed by atoms with Crippen molar-refractivity contribution in [2.24, 2.45) is 5.73 Å². The van der Waals surface area contributed by atoms with Crippen LogP contribution in [0.2, 0.25) is 5.02 Å². The topological polar surface area (TPSA) is 59.0 Å². The third kappa shape index (κ3) is 2.63. The normalized spacial score (nSPS) is 11.9. The Hall–Kier alpha value is -1.24. The van der Waals surface area contributed by atoms with Crippen molar-refractivity contribution < 1.29 is 4.74 Å². The molecule has 0 aliphatic rings. The maximum Gasteiger partial charge on any atom is 0.174 e. The first-order valence-electron chi connectivity index (χ1n) is 4.20. The lowest BCUT2D eigenvalue weighted by atomic mass is 10.1. The van der Waals surface area contributed by atoms with Gasteiger partial charge >= 0.3 is 0 Å². The highest BCUT2D eigenvalue weighted by molar-refractivity contribution is 6.32. The van der Waals surface area contributed by atoms with E-state index in [4.69, 9.17) is 27.3 Å². The van der Waals surface area contributed by atoms with Gasteiger partial charge in [0.1, 0.15) is 11.8 Å². The van der Waals surface area contributed by atoms with E-state index in [0.29, 0.717) is 10.8 Å². The second-order valence-corrected chi connectivity index (χ2v) is 3.33. The van der Waals surface area contributed by atoms with Crippen molar-refractivity contribution in [1.82, 2.24) is 0 Å². The van der Waals surface area contributed by atoms with Gasteiger partial charge < -0.3 is 10.5 Å². The molecule has 3 nitrogen and oxygen atoms in total. The van der Waals surface area contributed by atoms with Gasteiger partial charge in [-0.2, -0.15) is 5.26 Å². The van der Waals surface area contributed by atoms with Gasteiger partial charge in [-0.15, -0.1) is 0 Å². The summed E-state index contributed by atoms with van der Waals surface area (Å²) in [6.45, 7) is 1.87. The van der Waals surface area contributed by atoms with Crippen LogP contribution in [-0.2, 0) is 0 Å². The summed E-state index contributed by atoms with van der Waals surface area (Å²) in [4.78, 5) is 0. The minimum absolute atomic E-state index is 0.00273. The molecule has 0 aliphatic carbocycles. The van der Waals surface area contributed by atoms with E-state index in [1.807, 2.05) is 19.1 Å². The molecule has 1 rings (SSSR count). The number of nitrogens with two attached hydrogens (primary N) is 1. The summed E-state index contributed by atoms with van der Waals surface area (Å²) in [5.41, 5.74) is 6.62. The lowest BCUT2D eigenvalue weighted by molar-refractivity contribution is 0.368. The fourth-order valence-electron chi connectivity index (χ4n) is 1.03. The molecule has 1 aromatic carbocycles. The van der Waals surface area contributed by atoms with Gasteiger partial charge in [0, 0.05) is 6.04 Å². The van der Waals surface area contributed by atoms with Crippen LogP contribution in [0.1, 0.15) is 18.5 Å². The van der Waals surface area contributed by atoms with Crippen molar-refractivity contribution in [2.75, 3.05) is 6.61 Å². The lowest BCUT2D eigenvalue weighted by Crippen LogP contribution is -2.05. The Bertz CT molecular complexity index is 358. The van der Waals surface area contributed by atoms with Crippen LogP contribution in [0.5, 0.6) is 5.75 Å². The Balaban J connectivity index is 2.85. The molecule has 74 valence electrons. The zero-order chi connectivity index (χ0) is 10.6. The Labute approximate surface area is 88.0 Å². The summed E-state index contributed by atoms with van der Waals surface area (Å²) >= 11 is 5.92. The number of rotatable bonds is 3. The molecule has 0 bridgehead atoms. The van der Waals surface area contributed by atoms with Gasteiger partial charge in [-0.25, -0.2) is 0 Å². The molecule has 0 fully saturated rings. The van der Waals surface area contributed by atoms with E-state index < -0.39 is 0 Å². The summed E-state index contributed by atoms with van der Waals surface area (Å²) in [5, 5.41) is 8.80. The second kappa shape index (κ2) is 4.85. The number of nitrogens with zero attached hydrogens (tertiary/aromatic N) is 1. The zero-order valence-corrected chi connectivity index (χ0v) is 8.58. The SMILES string of the molecule is CC(N)c1ccc(OCC#N)c(Cl)c1. The smallest absolute Gasteiger partial charge is 0.174 e. The highest BCUT2D eigenvalue weighted by Crippen LogP contribution is 2.27. The molecule has 4 heteroatoms. The maximum atomic E-state index is 8.32. The van der Waals surface area contributed by atoms with E-state index in [1.54, 1.807) is 12.1 Å². The molecule has 0 saturated carbocycles. The molecule has 2 N–H and O–H groups in total. The molecule has 0 aliphatic heterocycles. The number of halogens is 1. The van der Waals surface area contributed by atoms with Gasteiger partial charge in [0.15, 0.2) is 6.61 Å². The van der Waals surface area contributed by atoms with Gasteiger partial charge in [-0.3, -0.25) is 0 Å². The third-order valence-corrected chi connectivity index (χ3v) is 2.07. The minimum atomic E-state index is -0.0579. The number of hydrogen-bond acceptors (Lipinski definition) is 3. The summed E-state index contributed by atoms with van der Waals surface area (Å²) in [7, 11) is 0. The molecule has 0 saturated heterocycles. The molecule has 14 heavy (non-hydrogen) atoms. The highest BCUT2D eigenvalue weighted by atomic mass is 35.5. The van der Waals surface area contributed by atoms with Gasteiger partial charge in [0.2, 0.25) is 0 Å². The van der Waals surface area contributed by atoms with Crippen LogP contribution in [0.15, 0.2) is 18.2 Å². The standard InChI is InChI=1S/C10H11ClN2O/c1-7(13)8-2-3-10(9(11)6-8)14-5-4-12/h2-3,6-7H,5,13H2,1H3. The van der Waals surface area contributed by atoms with Crippen molar-refractivity contribution in [3.63, 3.8) is 0 Å². The van der Waals surface area contributed by atoms with Crippen molar-refractivity contribution in [1.29, 1.82) is 5.26 Å². The molecule has 0 spiro atoms. The van der Waals surface area contributed by atoms with Crippen LogP contribution >= 0.6 is 11.6 Å². The molecular weight excluding hydrogens is 200 g/mol. The first-order valence-corrected chi connectivity index (χ1v) is 4.57. The Kier molecular flexibility index (Phi) is 3.75. The molecule has 0 aromatic heterocycles. The quantitative estimate of drug-likeness (QED) is 0.833. The fraction of sp³-hybridized carbons (Fsp3) is 0.300. The number of nitriles is 1. The predicted molar refractivity (Wildman–Crippen MR) is 55.2 cm³/mol. The third-order valence-electron chi connectivity index (χ3n) is 1.77. The van der Waals surface area contributed by atoms with Crippen molar-refractivity contribution in [3.05, 3.63) is 28.8 Å². The fourth-order valence-corrected chi connectivity index (χ4v) is 1.27. The van der Waals surface area contributed by atoms with E-state index >= 15 is 0 Å². The molecule has 0 heterocycles. The van der Waals surface area contributed by atoms with E-state index in [-0.39, 0.29) is 12.6 Å². The lowest BCUT2D eigenvalue weighted by Gasteiger charge is -2.09. The van der Waals surface area contributed by atoms with Crippen LogP contribution in [-0.4, -0.2) is 6.61 Å². The molecule has 0 radical (unpaired) electrons. The largest absolute Gasteiger partial charge is 0.477 e. The summed E-state index contributed by atoms with van der Waals surface area (Å²) < 4.78 is 5.09. The minimum Gasteiger partial charge on any atom is -0.477 e. The van der Waals surface area contributed by atoms with Crippen molar-refractivity contribution in [3.8, 4) is 11.8 Å². The van der Waals surface area contributed by atoms with E-state index in [1.165, 1.54) is 0 Å². The number of benzene rings is 1. The number of hydrogen-bond donors (Lipinski definition) is 1. The molecular formula is C10H11ClN2O. The second-order valence-electron chi connectivity index (χ2n) is 2.93. The summed E-state index contributed by atoms with van der Waals surface area (Å²) in [6.07, 6.45) is 0. The Morgan fingerprint density at radius 2 is 2.36 bits per heavy atom. The molecule has 1 atom stereocenters. The van der Waals surface area contributed by atoms with Crippen LogP contribution in [0, 0.1) is 11.3 Å². The average Bonchev–Trinajstić information content (AvgIpc) is 2.15. The van der Waals surface area contributed by atoms with Crippen molar-refractivity contribution >= 4 is 11.6 Å². The zero-order valence-electron chi connectivity index (χ0n) is 7.83. The van der Waals surface area contributed by atoms with E-state index in [0.717, 1.165) is 5.56 Å². The van der Waals surface area contributed by atoms with Gasteiger partial charge in [0.05, 0.1) is 5.02 Å². The van der Waals surface area contributed by atoms with Crippen molar-refractivity contribution in [2.45, 2.75) is 13.0 Å². The van der Waals surface area contributed by atoms with Gasteiger partial charge in [-0.1, -0.05) is 17.7 Å².